The molecule has 2 amide bonds. The van der Waals surface area contributed by atoms with Crippen molar-refractivity contribution in [3.8, 4) is 0 Å². The lowest BCUT2D eigenvalue weighted by Gasteiger charge is -2.26. The van der Waals surface area contributed by atoms with Gasteiger partial charge in [-0.15, -0.1) is 0 Å². The van der Waals surface area contributed by atoms with Crippen LogP contribution in [0.2, 0.25) is 0 Å². The van der Waals surface area contributed by atoms with Crippen molar-refractivity contribution in [3.63, 3.8) is 0 Å². The summed E-state index contributed by atoms with van der Waals surface area (Å²) in [6, 6.07) is 0. The summed E-state index contributed by atoms with van der Waals surface area (Å²) < 4.78 is 4.52. The number of hydrogen-bond acceptors (Lipinski definition) is 5. The van der Waals surface area contributed by atoms with Crippen LogP contribution in [0, 0.1) is 0 Å². The van der Waals surface area contributed by atoms with Crippen LogP contribution in [0.4, 0.5) is 4.79 Å². The van der Waals surface area contributed by atoms with Crippen LogP contribution in [-0.2, 0) is 9.53 Å². The Morgan fingerprint density at radius 1 is 1.43 bits per heavy atom. The van der Waals surface area contributed by atoms with Crippen LogP contribution in [0.15, 0.2) is 0 Å². The lowest BCUT2D eigenvalue weighted by molar-refractivity contribution is -0.120. The molecule has 0 aromatic carbocycles. The van der Waals surface area contributed by atoms with Crippen molar-refractivity contribution in [3.05, 3.63) is 0 Å². The Hall–Kier alpha value is -1.34. The Labute approximate surface area is 81.5 Å². The van der Waals surface area contributed by atoms with Gasteiger partial charge in [0, 0.05) is 26.2 Å². The summed E-state index contributed by atoms with van der Waals surface area (Å²) in [4.78, 5) is 21.3. The van der Waals surface area contributed by atoms with E-state index in [0.717, 1.165) is 13.1 Å². The van der Waals surface area contributed by atoms with Crippen molar-refractivity contribution in [2.45, 2.75) is 0 Å². The molecule has 80 valence electrons. The molecule has 14 heavy (non-hydrogen) atoms. The van der Waals surface area contributed by atoms with E-state index >= 15 is 0 Å². The first-order valence-electron chi connectivity index (χ1n) is 4.36. The van der Waals surface area contributed by atoms with Crippen LogP contribution in [0.5, 0.6) is 0 Å². The minimum absolute atomic E-state index is 0.391. The third-order valence-corrected chi connectivity index (χ3v) is 1.71. The monoisotopic (exact) mass is 202 g/mol. The van der Waals surface area contributed by atoms with Crippen LogP contribution in [0.25, 0.3) is 0 Å². The second-order valence-electron chi connectivity index (χ2n) is 2.89. The van der Waals surface area contributed by atoms with E-state index in [-0.39, 0.29) is 0 Å². The maximum absolute atomic E-state index is 11.0. The van der Waals surface area contributed by atoms with Crippen molar-refractivity contribution in [2.75, 3.05) is 32.8 Å². The number of primary amides is 1. The summed E-state index contributed by atoms with van der Waals surface area (Å²) in [7, 11) is 0. The summed E-state index contributed by atoms with van der Waals surface area (Å²) in [6.45, 7) is 2.67. The summed E-state index contributed by atoms with van der Waals surface area (Å²) >= 11 is 0. The minimum atomic E-state index is -0.666. The zero-order chi connectivity index (χ0) is 10.4. The quantitative estimate of drug-likeness (QED) is 0.492. The van der Waals surface area contributed by atoms with Gasteiger partial charge >= 0.3 is 6.09 Å². The van der Waals surface area contributed by atoms with E-state index in [4.69, 9.17) is 5.73 Å². The maximum Gasteiger partial charge on any atom is 0.422 e. The summed E-state index contributed by atoms with van der Waals surface area (Å²) in [5.41, 5.74) is 7.30. The molecule has 0 unspecified atom stereocenters. The van der Waals surface area contributed by atoms with Gasteiger partial charge < -0.3 is 15.8 Å². The first-order valence-corrected chi connectivity index (χ1v) is 4.36. The van der Waals surface area contributed by atoms with Gasteiger partial charge in [0.05, 0.1) is 0 Å². The van der Waals surface area contributed by atoms with Gasteiger partial charge in [0.2, 0.25) is 0 Å². The van der Waals surface area contributed by atoms with Gasteiger partial charge in [-0.25, -0.2) is 9.80 Å². The Morgan fingerprint density at radius 2 is 2.07 bits per heavy atom. The van der Waals surface area contributed by atoms with Gasteiger partial charge in [0.15, 0.2) is 6.61 Å². The molecule has 0 radical (unpaired) electrons. The number of hydrazine groups is 1. The zero-order valence-corrected chi connectivity index (χ0v) is 7.78. The number of nitrogens with two attached hydrogens (primary N) is 1. The molecule has 0 saturated carbocycles. The molecular formula is C7H14N4O3. The van der Waals surface area contributed by atoms with Crippen molar-refractivity contribution >= 4 is 12.0 Å². The average molecular weight is 202 g/mol. The Balaban J connectivity index is 2.15. The molecule has 1 fully saturated rings. The van der Waals surface area contributed by atoms with E-state index in [1.54, 1.807) is 5.01 Å². The summed E-state index contributed by atoms with van der Waals surface area (Å²) in [6.07, 6.45) is -0.648. The Morgan fingerprint density at radius 3 is 2.64 bits per heavy atom. The van der Waals surface area contributed by atoms with Crippen LogP contribution < -0.4 is 16.5 Å². The molecule has 7 nitrogen and oxygen atoms in total. The third-order valence-electron chi connectivity index (χ3n) is 1.71. The molecule has 1 heterocycles. The summed E-state index contributed by atoms with van der Waals surface area (Å²) in [5, 5.41) is 4.85. The van der Waals surface area contributed by atoms with E-state index in [1.807, 2.05) is 0 Å². The molecule has 0 spiro atoms. The Bertz CT molecular complexity index is 215. The fourth-order valence-electron chi connectivity index (χ4n) is 1.07. The number of nitrogens with one attached hydrogen (secondary N) is 2. The number of hydrogen-bond donors (Lipinski definition) is 3. The first kappa shape index (κ1) is 10.7. The van der Waals surface area contributed by atoms with Crippen LogP contribution >= 0.6 is 0 Å². The molecule has 1 aliphatic rings. The van der Waals surface area contributed by atoms with Gasteiger partial charge in [-0.3, -0.25) is 10.2 Å². The molecule has 0 aromatic rings. The van der Waals surface area contributed by atoms with E-state index in [0.29, 0.717) is 13.1 Å². The van der Waals surface area contributed by atoms with Gasteiger partial charge in [-0.1, -0.05) is 0 Å². The smallest absolute Gasteiger partial charge is 0.422 e. The van der Waals surface area contributed by atoms with Crippen LogP contribution in [-0.4, -0.2) is 49.8 Å². The van der Waals surface area contributed by atoms with E-state index in [1.165, 1.54) is 0 Å². The molecule has 0 aromatic heterocycles. The third kappa shape index (κ3) is 4.06. The number of carbonyl (C=O) groups is 2. The Kier molecular flexibility index (Phi) is 4.14. The SMILES string of the molecule is NC(=O)COC(=O)NN1CCNCC1. The van der Waals surface area contributed by atoms with Gasteiger partial charge in [0.25, 0.3) is 5.91 Å². The number of carbonyl (C=O) groups excluding carboxylic acids is 2. The van der Waals surface area contributed by atoms with Crippen molar-refractivity contribution < 1.29 is 14.3 Å². The summed E-state index contributed by atoms with van der Waals surface area (Å²) in [5.74, 6) is -0.666. The highest BCUT2D eigenvalue weighted by atomic mass is 16.6. The second-order valence-corrected chi connectivity index (χ2v) is 2.89. The van der Waals surface area contributed by atoms with Gasteiger partial charge in [0.1, 0.15) is 0 Å². The predicted octanol–water partition coefficient (Wildman–Crippen LogP) is -1.98. The molecule has 0 atom stereocenters. The molecule has 1 aliphatic heterocycles. The molecule has 0 aliphatic carbocycles. The van der Waals surface area contributed by atoms with Crippen molar-refractivity contribution in [2.24, 2.45) is 5.73 Å². The maximum atomic E-state index is 11.0. The highest BCUT2D eigenvalue weighted by Gasteiger charge is 2.13. The zero-order valence-electron chi connectivity index (χ0n) is 7.78. The fourth-order valence-corrected chi connectivity index (χ4v) is 1.07. The normalized spacial score (nSPS) is 17.4. The second kappa shape index (κ2) is 5.40. The first-order chi connectivity index (χ1) is 6.68. The fraction of sp³-hybridized carbons (Fsp3) is 0.714. The number of rotatable bonds is 3. The molecule has 1 saturated heterocycles. The standard InChI is InChI=1S/C7H14N4O3/c8-6(12)5-14-7(13)10-11-3-1-9-2-4-11/h9H,1-5H2,(H2,8,12)(H,10,13). The minimum Gasteiger partial charge on any atom is -0.439 e. The van der Waals surface area contributed by atoms with E-state index in [2.05, 4.69) is 15.5 Å². The highest BCUT2D eigenvalue weighted by molar-refractivity contribution is 5.78. The van der Waals surface area contributed by atoms with Crippen LogP contribution in [0.3, 0.4) is 0 Å². The van der Waals surface area contributed by atoms with Crippen molar-refractivity contribution in [1.29, 1.82) is 0 Å². The predicted molar refractivity (Wildman–Crippen MR) is 48.1 cm³/mol. The largest absolute Gasteiger partial charge is 0.439 e. The lowest BCUT2D eigenvalue weighted by atomic mass is 10.4. The van der Waals surface area contributed by atoms with Gasteiger partial charge in [-0.05, 0) is 0 Å². The highest BCUT2D eigenvalue weighted by Crippen LogP contribution is 1.88. The number of amides is 2. The lowest BCUT2D eigenvalue weighted by Crippen LogP contribution is -2.52. The molecular weight excluding hydrogens is 188 g/mol. The van der Waals surface area contributed by atoms with Gasteiger partial charge in [-0.2, -0.15) is 0 Å². The molecule has 7 heteroatoms. The van der Waals surface area contributed by atoms with Crippen LogP contribution in [0.1, 0.15) is 0 Å². The number of ether oxygens (including phenoxy) is 1. The molecule has 0 bridgehead atoms. The molecule has 4 N–H and O–H groups in total. The average Bonchev–Trinajstić information content (AvgIpc) is 2.16. The van der Waals surface area contributed by atoms with E-state index in [9.17, 15) is 9.59 Å². The van der Waals surface area contributed by atoms with Crippen molar-refractivity contribution in [1.82, 2.24) is 15.8 Å². The number of nitrogens with zero attached hydrogens (tertiary/aromatic N) is 1. The molecule has 1 rings (SSSR count). The van der Waals surface area contributed by atoms with E-state index < -0.39 is 18.6 Å². The number of piperazine rings is 1. The topological polar surface area (TPSA) is 96.7 Å².